The summed E-state index contributed by atoms with van der Waals surface area (Å²) in [4.78, 5) is 11.6. The Hall–Kier alpha value is -2.43. The van der Waals surface area contributed by atoms with E-state index < -0.39 is 0 Å². The molecule has 2 rings (SSSR count). The molecule has 2 aromatic carbocycles. The van der Waals surface area contributed by atoms with Gasteiger partial charge in [-0.2, -0.15) is 0 Å². The van der Waals surface area contributed by atoms with Gasteiger partial charge in [-0.1, -0.05) is 0 Å². The summed E-state index contributed by atoms with van der Waals surface area (Å²) in [6.07, 6.45) is 0. The molecule has 5 heteroatoms. The van der Waals surface area contributed by atoms with E-state index in [4.69, 9.17) is 18.9 Å². The number of hydrogen-bond donors (Lipinski definition) is 0. The first-order chi connectivity index (χ1) is 9.65. The molecule has 0 saturated carbocycles. The second-order valence-corrected chi connectivity index (χ2v) is 4.07. The molecule has 0 atom stereocenters. The van der Waals surface area contributed by atoms with Gasteiger partial charge in [0.25, 0.3) is 0 Å². The molecule has 5 nitrogen and oxygen atoms in total. The standard InChI is InChI=1S/C15H16O5/c1-17-12-8-10-7-9(15(16)20-4)5-6-11(10)13(18-2)14(12)19-3/h5-8H,1-4H3. The first-order valence-corrected chi connectivity index (χ1v) is 5.97. The van der Waals surface area contributed by atoms with E-state index in [1.807, 2.05) is 0 Å². The summed E-state index contributed by atoms with van der Waals surface area (Å²) in [6, 6.07) is 7.00. The Bertz CT molecular complexity index is 648. The third-order valence-electron chi connectivity index (χ3n) is 3.06. The predicted molar refractivity (Wildman–Crippen MR) is 74.9 cm³/mol. The highest BCUT2D eigenvalue weighted by Gasteiger charge is 2.17. The fourth-order valence-electron chi connectivity index (χ4n) is 2.12. The van der Waals surface area contributed by atoms with E-state index in [0.717, 1.165) is 10.8 Å². The van der Waals surface area contributed by atoms with Gasteiger partial charge in [0.1, 0.15) is 0 Å². The molecular weight excluding hydrogens is 260 g/mol. The monoisotopic (exact) mass is 276 g/mol. The van der Waals surface area contributed by atoms with Crippen molar-refractivity contribution in [1.29, 1.82) is 0 Å². The number of rotatable bonds is 4. The molecule has 0 bridgehead atoms. The van der Waals surface area contributed by atoms with Crippen LogP contribution in [-0.2, 0) is 4.74 Å². The lowest BCUT2D eigenvalue weighted by atomic mass is 10.0. The first-order valence-electron chi connectivity index (χ1n) is 5.97. The van der Waals surface area contributed by atoms with Crippen molar-refractivity contribution in [3.8, 4) is 17.2 Å². The van der Waals surface area contributed by atoms with Crippen LogP contribution in [-0.4, -0.2) is 34.4 Å². The van der Waals surface area contributed by atoms with Gasteiger partial charge in [-0.25, -0.2) is 4.79 Å². The maximum atomic E-state index is 11.6. The van der Waals surface area contributed by atoms with E-state index in [1.165, 1.54) is 7.11 Å². The van der Waals surface area contributed by atoms with Crippen molar-refractivity contribution in [2.45, 2.75) is 0 Å². The van der Waals surface area contributed by atoms with E-state index >= 15 is 0 Å². The van der Waals surface area contributed by atoms with Crippen molar-refractivity contribution >= 4 is 16.7 Å². The summed E-state index contributed by atoms with van der Waals surface area (Å²) in [6.45, 7) is 0. The summed E-state index contributed by atoms with van der Waals surface area (Å²) >= 11 is 0. The third kappa shape index (κ3) is 2.22. The largest absolute Gasteiger partial charge is 0.493 e. The van der Waals surface area contributed by atoms with Crippen LogP contribution in [0.2, 0.25) is 0 Å². The van der Waals surface area contributed by atoms with Crippen molar-refractivity contribution in [2.24, 2.45) is 0 Å². The topological polar surface area (TPSA) is 54.0 Å². The van der Waals surface area contributed by atoms with Crippen LogP contribution in [0.1, 0.15) is 10.4 Å². The summed E-state index contributed by atoms with van der Waals surface area (Å²) in [7, 11) is 6.01. The Morgan fingerprint density at radius 1 is 0.900 bits per heavy atom. The number of methoxy groups -OCH3 is 4. The zero-order valence-electron chi connectivity index (χ0n) is 11.9. The number of carbonyl (C=O) groups excluding carboxylic acids is 1. The van der Waals surface area contributed by atoms with E-state index in [-0.39, 0.29) is 5.97 Å². The average Bonchev–Trinajstić information content (AvgIpc) is 2.51. The van der Waals surface area contributed by atoms with Gasteiger partial charge in [-0.3, -0.25) is 0 Å². The number of esters is 1. The fraction of sp³-hybridized carbons (Fsp3) is 0.267. The maximum Gasteiger partial charge on any atom is 0.337 e. The minimum atomic E-state index is -0.388. The van der Waals surface area contributed by atoms with Gasteiger partial charge in [0, 0.05) is 5.39 Å². The minimum Gasteiger partial charge on any atom is -0.493 e. The predicted octanol–water partition coefficient (Wildman–Crippen LogP) is 2.65. The van der Waals surface area contributed by atoms with Crippen LogP contribution in [0.3, 0.4) is 0 Å². The van der Waals surface area contributed by atoms with Crippen molar-refractivity contribution in [1.82, 2.24) is 0 Å². The van der Waals surface area contributed by atoms with Crippen LogP contribution in [0.15, 0.2) is 24.3 Å². The highest BCUT2D eigenvalue weighted by Crippen LogP contribution is 2.43. The van der Waals surface area contributed by atoms with Gasteiger partial charge in [0.15, 0.2) is 11.5 Å². The molecule has 0 fully saturated rings. The van der Waals surface area contributed by atoms with Crippen LogP contribution in [0.4, 0.5) is 0 Å². The molecule has 0 aromatic heterocycles. The van der Waals surface area contributed by atoms with Crippen molar-refractivity contribution < 1.29 is 23.7 Å². The molecule has 0 unspecified atom stereocenters. The first kappa shape index (κ1) is 14.0. The van der Waals surface area contributed by atoms with Crippen LogP contribution >= 0.6 is 0 Å². The highest BCUT2D eigenvalue weighted by atomic mass is 16.5. The molecule has 0 heterocycles. The zero-order valence-corrected chi connectivity index (χ0v) is 11.9. The lowest BCUT2D eigenvalue weighted by Gasteiger charge is -2.15. The molecule has 2 aromatic rings. The summed E-state index contributed by atoms with van der Waals surface area (Å²) in [5.74, 6) is 1.24. The van der Waals surface area contributed by atoms with Crippen LogP contribution < -0.4 is 14.2 Å². The van der Waals surface area contributed by atoms with Crippen molar-refractivity contribution in [2.75, 3.05) is 28.4 Å². The molecule has 20 heavy (non-hydrogen) atoms. The molecule has 0 aliphatic carbocycles. The molecule has 106 valence electrons. The molecule has 0 spiro atoms. The number of fused-ring (bicyclic) bond motifs is 1. The second kappa shape index (κ2) is 5.69. The fourth-order valence-corrected chi connectivity index (χ4v) is 2.12. The van der Waals surface area contributed by atoms with Crippen LogP contribution in [0, 0.1) is 0 Å². The maximum absolute atomic E-state index is 11.6. The zero-order chi connectivity index (χ0) is 14.7. The Morgan fingerprint density at radius 3 is 2.15 bits per heavy atom. The Kier molecular flexibility index (Phi) is 3.98. The lowest BCUT2D eigenvalue weighted by molar-refractivity contribution is 0.0601. The average molecular weight is 276 g/mol. The van der Waals surface area contributed by atoms with E-state index in [0.29, 0.717) is 22.8 Å². The van der Waals surface area contributed by atoms with Gasteiger partial charge >= 0.3 is 5.97 Å². The van der Waals surface area contributed by atoms with Gasteiger partial charge in [0.05, 0.1) is 34.0 Å². The Morgan fingerprint density at radius 2 is 1.60 bits per heavy atom. The van der Waals surface area contributed by atoms with Crippen molar-refractivity contribution in [3.05, 3.63) is 29.8 Å². The molecule has 0 radical (unpaired) electrons. The molecule has 0 aliphatic rings. The van der Waals surface area contributed by atoms with Gasteiger partial charge in [-0.05, 0) is 29.7 Å². The molecule has 0 saturated heterocycles. The Labute approximate surface area is 117 Å². The minimum absolute atomic E-state index is 0.388. The van der Waals surface area contributed by atoms with Crippen LogP contribution in [0.5, 0.6) is 17.2 Å². The lowest BCUT2D eigenvalue weighted by Crippen LogP contribution is -2.01. The van der Waals surface area contributed by atoms with Gasteiger partial charge in [0.2, 0.25) is 5.75 Å². The summed E-state index contributed by atoms with van der Waals surface area (Å²) in [5, 5.41) is 1.64. The van der Waals surface area contributed by atoms with Crippen LogP contribution in [0.25, 0.3) is 10.8 Å². The second-order valence-electron chi connectivity index (χ2n) is 4.07. The SMILES string of the molecule is COC(=O)c1ccc2c(OC)c(OC)c(OC)cc2c1. The smallest absolute Gasteiger partial charge is 0.337 e. The Balaban J connectivity index is 2.74. The van der Waals surface area contributed by atoms with E-state index in [9.17, 15) is 4.79 Å². The number of ether oxygens (including phenoxy) is 4. The molecule has 0 amide bonds. The summed E-state index contributed by atoms with van der Waals surface area (Å²) < 4.78 is 20.7. The van der Waals surface area contributed by atoms with E-state index in [1.54, 1.807) is 45.6 Å². The summed E-state index contributed by atoms with van der Waals surface area (Å²) in [5.41, 5.74) is 0.467. The normalized spacial score (nSPS) is 10.2. The van der Waals surface area contributed by atoms with Gasteiger partial charge < -0.3 is 18.9 Å². The number of benzene rings is 2. The number of carbonyl (C=O) groups is 1. The van der Waals surface area contributed by atoms with Gasteiger partial charge in [-0.15, -0.1) is 0 Å². The molecule has 0 aliphatic heterocycles. The quantitative estimate of drug-likeness (QED) is 0.803. The molecule has 0 N–H and O–H groups in total. The van der Waals surface area contributed by atoms with Crippen molar-refractivity contribution in [3.63, 3.8) is 0 Å². The molecular formula is C15H16O5. The highest BCUT2D eigenvalue weighted by molar-refractivity contribution is 5.99. The van der Waals surface area contributed by atoms with E-state index in [2.05, 4.69) is 0 Å². The number of hydrogen-bond acceptors (Lipinski definition) is 5. The third-order valence-corrected chi connectivity index (χ3v) is 3.06.